The molecule has 0 bridgehead atoms. The summed E-state index contributed by atoms with van der Waals surface area (Å²) in [7, 11) is 1.30. The highest BCUT2D eigenvalue weighted by Crippen LogP contribution is 2.23. The van der Waals surface area contributed by atoms with Gasteiger partial charge in [0.2, 0.25) is 11.8 Å². The van der Waals surface area contributed by atoms with Crippen LogP contribution in [0.5, 0.6) is 5.88 Å². The number of nitrogens with one attached hydrogen (secondary N) is 1. The molecule has 1 aromatic carbocycles. The Kier molecular flexibility index (Phi) is 4.87. The highest BCUT2D eigenvalue weighted by atomic mass is 32.2. The first-order valence-corrected chi connectivity index (χ1v) is 8.11. The summed E-state index contributed by atoms with van der Waals surface area (Å²) >= 11 is -2.55. The van der Waals surface area contributed by atoms with Gasteiger partial charge in [-0.05, 0) is 29.3 Å². The van der Waals surface area contributed by atoms with Gasteiger partial charge in [-0.1, -0.05) is 18.2 Å². The van der Waals surface area contributed by atoms with E-state index in [2.05, 4.69) is 15.3 Å². The summed E-state index contributed by atoms with van der Waals surface area (Å²) in [6.45, 7) is 0. The van der Waals surface area contributed by atoms with E-state index in [1.165, 1.54) is 25.6 Å². The molecule has 0 saturated heterocycles. The van der Waals surface area contributed by atoms with Gasteiger partial charge in [0.15, 0.2) is 5.69 Å². The van der Waals surface area contributed by atoms with Gasteiger partial charge in [-0.2, -0.15) is 0 Å². The van der Waals surface area contributed by atoms with Crippen molar-refractivity contribution in [3.63, 3.8) is 0 Å². The molecule has 3 rings (SSSR count). The summed E-state index contributed by atoms with van der Waals surface area (Å²) in [6.07, 6.45) is 2.51. The average Bonchev–Trinajstić information content (AvgIpc) is 3.12. The fourth-order valence-corrected chi connectivity index (χ4v) is 2.56. The molecule has 1 amide bonds. The number of anilines is 1. The van der Waals surface area contributed by atoms with Gasteiger partial charge in [0.05, 0.1) is 23.9 Å². The minimum Gasteiger partial charge on any atom is -0.768 e. The van der Waals surface area contributed by atoms with Crippen LogP contribution in [-0.2, 0) is 11.1 Å². The van der Waals surface area contributed by atoms with E-state index < -0.39 is 17.0 Å². The topological polar surface area (TPSA) is 117 Å². The van der Waals surface area contributed by atoms with Crippen molar-refractivity contribution in [3.8, 4) is 17.3 Å². The molecular formula is C16H12N3O5S-. The van der Waals surface area contributed by atoms with Crippen molar-refractivity contribution in [3.05, 3.63) is 54.6 Å². The van der Waals surface area contributed by atoms with Crippen molar-refractivity contribution in [2.75, 3.05) is 12.4 Å². The molecule has 0 aliphatic carbocycles. The Labute approximate surface area is 145 Å². The molecule has 2 heterocycles. The molecule has 1 unspecified atom stereocenters. The predicted octanol–water partition coefficient (Wildman–Crippen LogP) is 2.24. The first-order chi connectivity index (χ1) is 12.1. The Morgan fingerprint density at radius 1 is 1.32 bits per heavy atom. The smallest absolute Gasteiger partial charge is 0.277 e. The monoisotopic (exact) mass is 358 g/mol. The van der Waals surface area contributed by atoms with E-state index in [1.54, 1.807) is 12.1 Å². The van der Waals surface area contributed by atoms with Gasteiger partial charge < -0.3 is 19.0 Å². The van der Waals surface area contributed by atoms with E-state index in [4.69, 9.17) is 9.15 Å². The molecule has 8 nitrogen and oxygen atoms in total. The number of benzene rings is 1. The van der Waals surface area contributed by atoms with Crippen molar-refractivity contribution in [1.29, 1.82) is 0 Å². The Hall–Kier alpha value is -3.04. The number of aromatic nitrogens is 2. The van der Waals surface area contributed by atoms with Gasteiger partial charge >= 0.3 is 0 Å². The lowest BCUT2D eigenvalue weighted by molar-refractivity contribution is 0.102. The summed E-state index contributed by atoms with van der Waals surface area (Å²) in [5.74, 6) is -0.306. The number of methoxy groups -OCH3 is 1. The number of ether oxygens (including phenoxy) is 1. The average molecular weight is 358 g/mol. The molecule has 25 heavy (non-hydrogen) atoms. The van der Waals surface area contributed by atoms with Crippen LogP contribution in [0.25, 0.3) is 11.5 Å². The fraction of sp³-hybridized carbons (Fsp3) is 0.0625. The Balaban J connectivity index is 1.80. The van der Waals surface area contributed by atoms with Crippen LogP contribution in [-0.4, -0.2) is 31.7 Å². The molecule has 0 aliphatic heterocycles. The number of hydrogen-bond donors (Lipinski definition) is 1. The summed E-state index contributed by atoms with van der Waals surface area (Å²) in [5.41, 5.74) is 0.977. The summed E-state index contributed by atoms with van der Waals surface area (Å²) in [5, 5.41) is 2.52. The molecule has 1 atom stereocenters. The van der Waals surface area contributed by atoms with Crippen molar-refractivity contribution in [2.24, 2.45) is 0 Å². The van der Waals surface area contributed by atoms with Gasteiger partial charge in [0.1, 0.15) is 6.26 Å². The predicted molar refractivity (Wildman–Crippen MR) is 87.9 cm³/mol. The summed E-state index contributed by atoms with van der Waals surface area (Å²) < 4.78 is 32.5. The van der Waals surface area contributed by atoms with Crippen LogP contribution in [0.15, 0.2) is 58.2 Å². The number of amides is 1. The van der Waals surface area contributed by atoms with E-state index in [0.717, 1.165) is 5.56 Å². The lowest BCUT2D eigenvalue weighted by Gasteiger charge is -2.11. The lowest BCUT2D eigenvalue weighted by atomic mass is 10.2. The molecule has 0 radical (unpaired) electrons. The Morgan fingerprint density at radius 2 is 2.08 bits per heavy atom. The standard InChI is InChI=1S/C16H13N3O5S/c1-23-16-13(25(21)22)7-11(8-17-16)18-14(20)12-9-24-15(19-12)10-5-3-2-4-6-10/h2-9H,1H3,(H,18,20)(H,21,22)/p-1. The molecular weight excluding hydrogens is 346 g/mol. The van der Waals surface area contributed by atoms with E-state index in [-0.39, 0.29) is 22.2 Å². The highest BCUT2D eigenvalue weighted by Gasteiger charge is 2.15. The van der Waals surface area contributed by atoms with Crippen LogP contribution >= 0.6 is 0 Å². The van der Waals surface area contributed by atoms with Gasteiger partial charge in [0.25, 0.3) is 5.91 Å². The van der Waals surface area contributed by atoms with Crippen molar-refractivity contribution >= 4 is 22.7 Å². The van der Waals surface area contributed by atoms with Crippen molar-refractivity contribution in [1.82, 2.24) is 9.97 Å². The van der Waals surface area contributed by atoms with Crippen LogP contribution in [0.1, 0.15) is 10.5 Å². The van der Waals surface area contributed by atoms with E-state index in [9.17, 15) is 13.6 Å². The Morgan fingerprint density at radius 3 is 2.76 bits per heavy atom. The third kappa shape index (κ3) is 3.73. The number of rotatable bonds is 5. The van der Waals surface area contributed by atoms with Crippen LogP contribution in [0.3, 0.4) is 0 Å². The van der Waals surface area contributed by atoms with Crippen molar-refractivity contribution < 1.29 is 22.7 Å². The van der Waals surface area contributed by atoms with E-state index >= 15 is 0 Å². The SMILES string of the molecule is COc1ncc(NC(=O)c2coc(-c3ccccc3)n2)cc1S(=O)[O-]. The summed E-state index contributed by atoms with van der Waals surface area (Å²) in [4.78, 5) is 20.1. The zero-order chi connectivity index (χ0) is 17.8. The zero-order valence-electron chi connectivity index (χ0n) is 13.0. The lowest BCUT2D eigenvalue weighted by Crippen LogP contribution is -2.13. The third-order valence-corrected chi connectivity index (χ3v) is 3.86. The minimum absolute atomic E-state index is 0.0551. The van der Waals surface area contributed by atoms with Gasteiger partial charge in [-0.25, -0.2) is 9.97 Å². The highest BCUT2D eigenvalue weighted by molar-refractivity contribution is 7.79. The number of oxazole rings is 1. The van der Waals surface area contributed by atoms with Crippen LogP contribution in [0.2, 0.25) is 0 Å². The quantitative estimate of drug-likeness (QED) is 0.695. The number of pyridine rings is 1. The molecule has 0 saturated carbocycles. The first-order valence-electron chi connectivity index (χ1n) is 7.04. The largest absolute Gasteiger partial charge is 0.768 e. The second-order valence-electron chi connectivity index (χ2n) is 4.82. The maximum absolute atomic E-state index is 12.2. The van der Waals surface area contributed by atoms with Crippen molar-refractivity contribution in [2.45, 2.75) is 4.90 Å². The molecule has 9 heteroatoms. The molecule has 0 fully saturated rings. The fourth-order valence-electron chi connectivity index (χ4n) is 2.06. The maximum atomic E-state index is 12.2. The van der Waals surface area contributed by atoms with Crippen LogP contribution in [0.4, 0.5) is 5.69 Å². The first kappa shape index (κ1) is 16.8. The molecule has 3 aromatic rings. The second kappa shape index (κ2) is 7.24. The van der Waals surface area contributed by atoms with Crippen LogP contribution < -0.4 is 10.1 Å². The van der Waals surface area contributed by atoms with Gasteiger partial charge in [0, 0.05) is 5.56 Å². The van der Waals surface area contributed by atoms with Gasteiger partial charge in [-0.15, -0.1) is 0 Å². The number of nitrogens with zero attached hydrogens (tertiary/aromatic N) is 2. The van der Waals surface area contributed by atoms with Gasteiger partial charge in [-0.3, -0.25) is 9.00 Å². The van der Waals surface area contributed by atoms with Crippen LogP contribution in [0, 0.1) is 0 Å². The maximum Gasteiger partial charge on any atom is 0.277 e. The number of hydrogen-bond acceptors (Lipinski definition) is 7. The molecule has 0 aliphatic rings. The minimum atomic E-state index is -2.55. The third-order valence-electron chi connectivity index (χ3n) is 3.21. The zero-order valence-corrected chi connectivity index (χ0v) is 13.8. The second-order valence-corrected chi connectivity index (χ2v) is 5.73. The number of carbonyl (C=O) groups is 1. The normalized spacial score (nSPS) is 11.8. The molecule has 1 N–H and O–H groups in total. The summed E-state index contributed by atoms with van der Waals surface area (Å²) in [6, 6.07) is 10.4. The Bertz CT molecular complexity index is 927. The molecule has 2 aromatic heterocycles. The van der Waals surface area contributed by atoms with E-state index in [0.29, 0.717) is 5.89 Å². The van der Waals surface area contributed by atoms with E-state index in [1.807, 2.05) is 18.2 Å². The molecule has 0 spiro atoms. The molecule has 128 valence electrons. The number of carbonyl (C=O) groups excluding carboxylic acids is 1.